The summed E-state index contributed by atoms with van der Waals surface area (Å²) in [5.74, 6) is 1.21. The number of amides is 1. The molecule has 1 aliphatic rings. The van der Waals surface area contributed by atoms with Crippen molar-refractivity contribution in [3.63, 3.8) is 0 Å². The lowest BCUT2D eigenvalue weighted by molar-refractivity contribution is -0.123. The Labute approximate surface area is 164 Å². The quantitative estimate of drug-likeness (QED) is 0.750. The highest BCUT2D eigenvalue weighted by Gasteiger charge is 2.24. The molecule has 0 spiro atoms. The molecule has 6 nitrogen and oxygen atoms in total. The van der Waals surface area contributed by atoms with Crippen LogP contribution in [0.5, 0.6) is 11.5 Å². The first-order chi connectivity index (χ1) is 13.2. The molecule has 1 aromatic heterocycles. The SMILES string of the molecule is COc1cccc(OCC(=O)NC[C@H](c2ccsc2)N2CCN(C)CC2)c1. The molecule has 1 atom stereocenters. The van der Waals surface area contributed by atoms with Crippen molar-refractivity contribution in [3.8, 4) is 11.5 Å². The zero-order chi connectivity index (χ0) is 19.1. The summed E-state index contributed by atoms with van der Waals surface area (Å²) in [5, 5.41) is 7.29. The molecule has 1 aromatic carbocycles. The van der Waals surface area contributed by atoms with E-state index in [4.69, 9.17) is 9.47 Å². The van der Waals surface area contributed by atoms with E-state index in [0.717, 1.165) is 26.2 Å². The standard InChI is InChI=1S/C20H27N3O3S/c1-22-7-9-23(10-8-22)19(16-6-11-27-15-16)13-21-20(24)14-26-18-5-3-4-17(12-18)25-2/h3-6,11-12,15,19H,7-10,13-14H2,1-2H3,(H,21,24)/t19-/m1/s1. The first kappa shape index (κ1) is 19.7. The summed E-state index contributed by atoms with van der Waals surface area (Å²) in [5.41, 5.74) is 1.26. The minimum absolute atomic E-state index is 0.00768. The highest BCUT2D eigenvalue weighted by molar-refractivity contribution is 7.07. The second kappa shape index (κ2) is 9.73. The fraction of sp³-hybridized carbons (Fsp3) is 0.450. The third-order valence-electron chi connectivity index (χ3n) is 4.81. The van der Waals surface area contributed by atoms with Crippen molar-refractivity contribution in [1.82, 2.24) is 15.1 Å². The van der Waals surface area contributed by atoms with Crippen LogP contribution in [0.2, 0.25) is 0 Å². The minimum Gasteiger partial charge on any atom is -0.497 e. The molecule has 146 valence electrons. The Balaban J connectivity index is 1.52. The Kier molecular flexibility index (Phi) is 7.09. The van der Waals surface area contributed by atoms with Gasteiger partial charge in [0.05, 0.1) is 13.2 Å². The molecule has 1 amide bonds. The van der Waals surface area contributed by atoms with E-state index in [1.54, 1.807) is 24.5 Å². The van der Waals surface area contributed by atoms with E-state index in [9.17, 15) is 4.79 Å². The summed E-state index contributed by atoms with van der Waals surface area (Å²) in [6.07, 6.45) is 0. The van der Waals surface area contributed by atoms with Crippen LogP contribution in [0.3, 0.4) is 0 Å². The number of carbonyl (C=O) groups excluding carboxylic acids is 1. The maximum absolute atomic E-state index is 12.3. The van der Waals surface area contributed by atoms with Gasteiger partial charge >= 0.3 is 0 Å². The average molecular weight is 390 g/mol. The van der Waals surface area contributed by atoms with Crippen LogP contribution in [0.25, 0.3) is 0 Å². The second-order valence-corrected chi connectivity index (χ2v) is 7.46. The fourth-order valence-corrected chi connectivity index (χ4v) is 3.86. The lowest BCUT2D eigenvalue weighted by Gasteiger charge is -2.38. The second-order valence-electron chi connectivity index (χ2n) is 6.68. The van der Waals surface area contributed by atoms with Crippen molar-refractivity contribution in [2.75, 3.05) is 53.5 Å². The van der Waals surface area contributed by atoms with Crippen molar-refractivity contribution in [2.24, 2.45) is 0 Å². The number of rotatable bonds is 8. The summed E-state index contributed by atoms with van der Waals surface area (Å²) >= 11 is 1.69. The van der Waals surface area contributed by atoms with Crippen LogP contribution in [0.1, 0.15) is 11.6 Å². The molecule has 0 aliphatic carbocycles. The molecular weight excluding hydrogens is 362 g/mol. The van der Waals surface area contributed by atoms with Crippen molar-refractivity contribution >= 4 is 17.2 Å². The lowest BCUT2D eigenvalue weighted by atomic mass is 10.1. The number of piperazine rings is 1. The van der Waals surface area contributed by atoms with Gasteiger partial charge in [-0.25, -0.2) is 0 Å². The predicted octanol–water partition coefficient (Wildman–Crippen LogP) is 2.24. The van der Waals surface area contributed by atoms with Crippen LogP contribution >= 0.6 is 11.3 Å². The lowest BCUT2D eigenvalue weighted by Crippen LogP contribution is -2.48. The van der Waals surface area contributed by atoms with E-state index in [1.165, 1.54) is 5.56 Å². The molecule has 27 heavy (non-hydrogen) atoms. The number of ether oxygens (including phenoxy) is 2. The van der Waals surface area contributed by atoms with E-state index in [1.807, 2.05) is 18.2 Å². The van der Waals surface area contributed by atoms with E-state index in [-0.39, 0.29) is 18.6 Å². The number of methoxy groups -OCH3 is 1. The molecule has 0 unspecified atom stereocenters. The van der Waals surface area contributed by atoms with Gasteiger partial charge in [0.2, 0.25) is 0 Å². The predicted molar refractivity (Wildman–Crippen MR) is 108 cm³/mol. The highest BCUT2D eigenvalue weighted by Crippen LogP contribution is 2.24. The normalized spacial score (nSPS) is 16.7. The summed E-state index contributed by atoms with van der Waals surface area (Å²) in [4.78, 5) is 17.1. The number of hydrogen-bond acceptors (Lipinski definition) is 6. The Morgan fingerprint density at radius 2 is 2.00 bits per heavy atom. The summed E-state index contributed by atoms with van der Waals surface area (Å²) in [7, 11) is 3.75. The highest BCUT2D eigenvalue weighted by atomic mass is 32.1. The molecule has 1 fully saturated rings. The maximum atomic E-state index is 12.3. The topological polar surface area (TPSA) is 54.0 Å². The minimum atomic E-state index is -0.118. The zero-order valence-corrected chi connectivity index (χ0v) is 16.7. The third kappa shape index (κ3) is 5.69. The molecule has 1 saturated heterocycles. The molecule has 3 rings (SSSR count). The van der Waals surface area contributed by atoms with Crippen molar-refractivity contribution < 1.29 is 14.3 Å². The van der Waals surface area contributed by atoms with Gasteiger partial charge in [-0.05, 0) is 41.6 Å². The first-order valence-corrected chi connectivity index (χ1v) is 10.1. The van der Waals surface area contributed by atoms with Crippen molar-refractivity contribution in [1.29, 1.82) is 0 Å². The summed E-state index contributed by atoms with van der Waals surface area (Å²) < 4.78 is 10.8. The van der Waals surface area contributed by atoms with Crippen LogP contribution in [0.15, 0.2) is 41.1 Å². The molecule has 0 radical (unpaired) electrons. The summed E-state index contributed by atoms with van der Waals surface area (Å²) in [6, 6.07) is 9.61. The molecule has 0 bridgehead atoms. The van der Waals surface area contributed by atoms with Crippen LogP contribution in [-0.4, -0.2) is 69.2 Å². The molecule has 2 heterocycles. The number of nitrogens with zero attached hydrogens (tertiary/aromatic N) is 2. The first-order valence-electron chi connectivity index (χ1n) is 9.14. The molecule has 7 heteroatoms. The van der Waals surface area contributed by atoms with Gasteiger partial charge in [-0.3, -0.25) is 9.69 Å². The number of carbonyl (C=O) groups is 1. The van der Waals surface area contributed by atoms with Gasteiger partial charge in [-0.1, -0.05) is 6.07 Å². The van der Waals surface area contributed by atoms with Gasteiger partial charge in [-0.2, -0.15) is 11.3 Å². The largest absolute Gasteiger partial charge is 0.497 e. The Morgan fingerprint density at radius 1 is 1.22 bits per heavy atom. The number of nitrogens with one attached hydrogen (secondary N) is 1. The molecule has 2 aromatic rings. The number of thiophene rings is 1. The average Bonchev–Trinajstić information content (AvgIpc) is 3.22. The molecule has 1 aliphatic heterocycles. The number of hydrogen-bond donors (Lipinski definition) is 1. The number of benzene rings is 1. The molecule has 1 N–H and O–H groups in total. The zero-order valence-electron chi connectivity index (χ0n) is 15.9. The summed E-state index contributed by atoms with van der Waals surface area (Å²) in [6.45, 7) is 4.69. The van der Waals surface area contributed by atoms with Crippen LogP contribution in [-0.2, 0) is 4.79 Å². The molecular formula is C20H27N3O3S. The monoisotopic (exact) mass is 389 g/mol. The van der Waals surface area contributed by atoms with E-state index in [2.05, 4.69) is 39.0 Å². The van der Waals surface area contributed by atoms with Gasteiger partial charge in [0.15, 0.2) is 6.61 Å². The Hall–Kier alpha value is -2.09. The van der Waals surface area contributed by atoms with Gasteiger partial charge in [-0.15, -0.1) is 0 Å². The number of likely N-dealkylation sites (N-methyl/N-ethyl adjacent to an activating group) is 1. The van der Waals surface area contributed by atoms with Gasteiger partial charge in [0.1, 0.15) is 11.5 Å². The Bertz CT molecular complexity index is 715. The van der Waals surface area contributed by atoms with E-state index < -0.39 is 0 Å². The third-order valence-corrected chi connectivity index (χ3v) is 5.51. The molecule has 0 saturated carbocycles. The Morgan fingerprint density at radius 3 is 2.70 bits per heavy atom. The van der Waals surface area contributed by atoms with E-state index in [0.29, 0.717) is 18.0 Å². The van der Waals surface area contributed by atoms with Crippen LogP contribution in [0, 0.1) is 0 Å². The maximum Gasteiger partial charge on any atom is 0.258 e. The van der Waals surface area contributed by atoms with Crippen LogP contribution < -0.4 is 14.8 Å². The van der Waals surface area contributed by atoms with Gasteiger partial charge in [0.25, 0.3) is 5.91 Å². The smallest absolute Gasteiger partial charge is 0.258 e. The fourth-order valence-electron chi connectivity index (χ4n) is 3.16. The van der Waals surface area contributed by atoms with Gasteiger partial charge < -0.3 is 19.7 Å². The van der Waals surface area contributed by atoms with Crippen molar-refractivity contribution in [3.05, 3.63) is 46.7 Å². The van der Waals surface area contributed by atoms with E-state index >= 15 is 0 Å². The van der Waals surface area contributed by atoms with Crippen LogP contribution in [0.4, 0.5) is 0 Å². The van der Waals surface area contributed by atoms with Crippen molar-refractivity contribution in [2.45, 2.75) is 6.04 Å². The van der Waals surface area contributed by atoms with Gasteiger partial charge in [0, 0.05) is 38.8 Å².